The van der Waals surface area contributed by atoms with Crippen LogP contribution in [-0.2, 0) is 4.79 Å². The molecule has 3 rings (SSSR count). The zero-order chi connectivity index (χ0) is 16.1. The number of benzene rings is 3. The molecule has 0 fully saturated rings. The summed E-state index contributed by atoms with van der Waals surface area (Å²) in [6.45, 7) is 0. The second-order valence-corrected chi connectivity index (χ2v) is 5.09. The zero-order valence-electron chi connectivity index (χ0n) is 12.8. The van der Waals surface area contributed by atoms with Crippen molar-refractivity contribution in [1.82, 2.24) is 0 Å². The molecule has 0 bridgehead atoms. The molecule has 3 aromatic rings. The topological polar surface area (TPSA) is 38.3 Å². The van der Waals surface area contributed by atoms with Gasteiger partial charge in [0.05, 0.1) is 12.8 Å². The monoisotopic (exact) mass is 303 g/mol. The van der Waals surface area contributed by atoms with Gasteiger partial charge in [-0.15, -0.1) is 0 Å². The van der Waals surface area contributed by atoms with E-state index in [0.717, 1.165) is 16.3 Å². The summed E-state index contributed by atoms with van der Waals surface area (Å²) < 4.78 is 5.23. The minimum absolute atomic E-state index is 0.192. The highest BCUT2D eigenvalue weighted by Crippen LogP contribution is 2.23. The molecule has 1 amide bonds. The molecule has 0 aliphatic heterocycles. The lowest BCUT2D eigenvalue weighted by atomic mass is 10.0. The van der Waals surface area contributed by atoms with Crippen LogP contribution in [0.4, 0.5) is 5.69 Å². The first-order valence-corrected chi connectivity index (χ1v) is 7.38. The summed E-state index contributed by atoms with van der Waals surface area (Å²) >= 11 is 0. The Bertz CT molecular complexity index is 863. The van der Waals surface area contributed by atoms with Crippen LogP contribution in [0.1, 0.15) is 5.56 Å². The van der Waals surface area contributed by atoms with Crippen LogP contribution in [0.3, 0.4) is 0 Å². The van der Waals surface area contributed by atoms with Crippen LogP contribution in [0.5, 0.6) is 5.75 Å². The van der Waals surface area contributed by atoms with Gasteiger partial charge in [0.25, 0.3) is 0 Å². The molecule has 0 heterocycles. The van der Waals surface area contributed by atoms with Crippen molar-refractivity contribution in [3.8, 4) is 5.75 Å². The molecule has 0 aliphatic carbocycles. The van der Waals surface area contributed by atoms with Gasteiger partial charge in [0.2, 0.25) is 5.91 Å². The number of carbonyl (C=O) groups excluding carboxylic acids is 1. The molecule has 0 atom stereocenters. The van der Waals surface area contributed by atoms with Gasteiger partial charge in [-0.1, -0.05) is 54.6 Å². The molecular weight excluding hydrogens is 286 g/mol. The lowest BCUT2D eigenvalue weighted by Crippen LogP contribution is -2.08. The molecule has 0 aromatic heterocycles. The van der Waals surface area contributed by atoms with Crippen LogP contribution in [0.25, 0.3) is 16.8 Å². The van der Waals surface area contributed by atoms with E-state index in [-0.39, 0.29) is 5.91 Å². The molecular formula is C20H17NO2. The van der Waals surface area contributed by atoms with E-state index in [1.54, 1.807) is 7.11 Å². The standard InChI is InChI=1S/C20H17NO2/c1-23-19-12-5-4-11-18(19)21-20(22)14-13-16-9-6-8-15-7-2-3-10-17(15)16/h2-14H,1H3,(H,21,22)/b14-13+. The van der Waals surface area contributed by atoms with Crippen molar-refractivity contribution in [2.24, 2.45) is 0 Å². The number of hydrogen-bond donors (Lipinski definition) is 1. The predicted molar refractivity (Wildman–Crippen MR) is 94.6 cm³/mol. The molecule has 3 aromatic carbocycles. The summed E-state index contributed by atoms with van der Waals surface area (Å²) in [6, 6.07) is 21.5. The Hall–Kier alpha value is -3.07. The quantitative estimate of drug-likeness (QED) is 0.721. The maximum Gasteiger partial charge on any atom is 0.248 e. The third-order valence-electron chi connectivity index (χ3n) is 3.60. The SMILES string of the molecule is COc1ccccc1NC(=O)/C=C/c1cccc2ccccc12. The fourth-order valence-electron chi connectivity index (χ4n) is 2.48. The predicted octanol–water partition coefficient (Wildman–Crippen LogP) is 4.50. The Morgan fingerprint density at radius 1 is 0.957 bits per heavy atom. The van der Waals surface area contributed by atoms with E-state index >= 15 is 0 Å². The molecule has 0 aliphatic rings. The van der Waals surface area contributed by atoms with E-state index in [1.165, 1.54) is 6.08 Å². The van der Waals surface area contributed by atoms with Gasteiger partial charge in [0.15, 0.2) is 0 Å². The average Bonchev–Trinajstić information content (AvgIpc) is 2.60. The molecule has 3 nitrogen and oxygen atoms in total. The first-order valence-electron chi connectivity index (χ1n) is 7.38. The number of hydrogen-bond acceptors (Lipinski definition) is 2. The van der Waals surface area contributed by atoms with Crippen LogP contribution in [-0.4, -0.2) is 13.0 Å². The Kier molecular flexibility index (Phi) is 4.39. The summed E-state index contributed by atoms with van der Waals surface area (Å²) in [4.78, 5) is 12.1. The number of methoxy groups -OCH3 is 1. The highest BCUT2D eigenvalue weighted by atomic mass is 16.5. The van der Waals surface area contributed by atoms with E-state index in [1.807, 2.05) is 60.7 Å². The summed E-state index contributed by atoms with van der Waals surface area (Å²) in [6.07, 6.45) is 3.36. The van der Waals surface area contributed by atoms with Crippen molar-refractivity contribution in [3.63, 3.8) is 0 Å². The third-order valence-corrected chi connectivity index (χ3v) is 3.60. The molecule has 23 heavy (non-hydrogen) atoms. The Morgan fingerprint density at radius 2 is 1.70 bits per heavy atom. The molecule has 0 radical (unpaired) electrons. The van der Waals surface area contributed by atoms with Crippen molar-refractivity contribution in [2.45, 2.75) is 0 Å². The van der Waals surface area contributed by atoms with Gasteiger partial charge in [0, 0.05) is 6.08 Å². The molecule has 0 unspecified atom stereocenters. The van der Waals surface area contributed by atoms with Crippen molar-refractivity contribution in [2.75, 3.05) is 12.4 Å². The number of anilines is 1. The van der Waals surface area contributed by atoms with Gasteiger partial charge < -0.3 is 10.1 Å². The van der Waals surface area contributed by atoms with Gasteiger partial charge >= 0.3 is 0 Å². The van der Waals surface area contributed by atoms with Gasteiger partial charge in [-0.3, -0.25) is 4.79 Å². The first kappa shape index (κ1) is 14.9. The van der Waals surface area contributed by atoms with E-state index < -0.39 is 0 Å². The number of para-hydroxylation sites is 2. The molecule has 3 heteroatoms. The zero-order valence-corrected chi connectivity index (χ0v) is 12.8. The van der Waals surface area contributed by atoms with Gasteiger partial charge in [-0.25, -0.2) is 0 Å². The van der Waals surface area contributed by atoms with Crippen molar-refractivity contribution in [1.29, 1.82) is 0 Å². The van der Waals surface area contributed by atoms with E-state index in [2.05, 4.69) is 17.4 Å². The van der Waals surface area contributed by atoms with Crippen LogP contribution in [0.2, 0.25) is 0 Å². The minimum atomic E-state index is -0.192. The van der Waals surface area contributed by atoms with Crippen molar-refractivity contribution in [3.05, 3.63) is 78.4 Å². The highest BCUT2D eigenvalue weighted by molar-refractivity contribution is 6.04. The summed E-state index contributed by atoms with van der Waals surface area (Å²) in [5.74, 6) is 0.446. The van der Waals surface area contributed by atoms with Crippen LogP contribution < -0.4 is 10.1 Å². The highest BCUT2D eigenvalue weighted by Gasteiger charge is 2.04. The van der Waals surface area contributed by atoms with Crippen molar-refractivity contribution >= 4 is 28.4 Å². The fraction of sp³-hybridized carbons (Fsp3) is 0.0500. The number of amides is 1. The molecule has 0 spiro atoms. The van der Waals surface area contributed by atoms with E-state index in [0.29, 0.717) is 11.4 Å². The Morgan fingerprint density at radius 3 is 2.57 bits per heavy atom. The largest absolute Gasteiger partial charge is 0.495 e. The fourth-order valence-corrected chi connectivity index (χ4v) is 2.48. The maximum atomic E-state index is 12.1. The molecule has 0 saturated carbocycles. The maximum absolute atomic E-state index is 12.1. The smallest absolute Gasteiger partial charge is 0.248 e. The van der Waals surface area contributed by atoms with Crippen LogP contribution in [0.15, 0.2) is 72.8 Å². The Balaban J connectivity index is 1.80. The summed E-state index contributed by atoms with van der Waals surface area (Å²) in [7, 11) is 1.58. The van der Waals surface area contributed by atoms with Gasteiger partial charge in [-0.2, -0.15) is 0 Å². The van der Waals surface area contributed by atoms with Crippen LogP contribution >= 0.6 is 0 Å². The third kappa shape index (κ3) is 3.40. The summed E-state index contributed by atoms with van der Waals surface area (Å²) in [5.41, 5.74) is 1.67. The van der Waals surface area contributed by atoms with Crippen molar-refractivity contribution < 1.29 is 9.53 Å². The minimum Gasteiger partial charge on any atom is -0.495 e. The molecule has 114 valence electrons. The second kappa shape index (κ2) is 6.79. The molecule has 1 N–H and O–H groups in total. The van der Waals surface area contributed by atoms with E-state index in [4.69, 9.17) is 4.74 Å². The number of nitrogens with one attached hydrogen (secondary N) is 1. The first-order chi connectivity index (χ1) is 11.3. The number of rotatable bonds is 4. The lowest BCUT2D eigenvalue weighted by Gasteiger charge is -2.08. The average molecular weight is 303 g/mol. The Labute approximate surface area is 135 Å². The summed E-state index contributed by atoms with van der Waals surface area (Å²) in [5, 5.41) is 5.10. The lowest BCUT2D eigenvalue weighted by molar-refractivity contribution is -0.111. The molecule has 0 saturated heterocycles. The van der Waals surface area contributed by atoms with Gasteiger partial charge in [0.1, 0.15) is 5.75 Å². The van der Waals surface area contributed by atoms with Crippen LogP contribution in [0, 0.1) is 0 Å². The second-order valence-electron chi connectivity index (χ2n) is 5.09. The number of fused-ring (bicyclic) bond motifs is 1. The normalized spacial score (nSPS) is 10.8. The van der Waals surface area contributed by atoms with Gasteiger partial charge in [-0.05, 0) is 34.5 Å². The number of ether oxygens (including phenoxy) is 1. The van der Waals surface area contributed by atoms with E-state index in [9.17, 15) is 4.79 Å². The number of carbonyl (C=O) groups is 1.